The Kier molecular flexibility index (Phi) is 7.93. The second-order valence-electron chi connectivity index (χ2n) is 10.1. The van der Waals surface area contributed by atoms with E-state index >= 15 is 0 Å². The lowest BCUT2D eigenvalue weighted by Crippen LogP contribution is -2.48. The van der Waals surface area contributed by atoms with E-state index in [0.717, 1.165) is 69.4 Å². The van der Waals surface area contributed by atoms with Gasteiger partial charge < -0.3 is 20.5 Å². The van der Waals surface area contributed by atoms with Crippen LogP contribution in [0.2, 0.25) is 0 Å². The number of halogens is 1. The highest BCUT2D eigenvalue weighted by atomic mass is 127. The van der Waals surface area contributed by atoms with Gasteiger partial charge in [-0.1, -0.05) is 0 Å². The number of hydrogen-bond donors (Lipinski definition) is 3. The van der Waals surface area contributed by atoms with Crippen LogP contribution in [0.25, 0.3) is 0 Å². The molecule has 1 saturated heterocycles. The summed E-state index contributed by atoms with van der Waals surface area (Å²) in [5.74, 6) is 4.02. The van der Waals surface area contributed by atoms with E-state index < -0.39 is 0 Å². The monoisotopic (exact) mass is 505 g/mol. The first-order chi connectivity index (χ1) is 13.1. The van der Waals surface area contributed by atoms with Crippen molar-refractivity contribution < 1.29 is 9.84 Å². The van der Waals surface area contributed by atoms with Crippen LogP contribution in [0, 0.1) is 28.6 Å². The Hall–Kier alpha value is -0.0800. The van der Waals surface area contributed by atoms with Gasteiger partial charge in [0.2, 0.25) is 0 Å². The quantitative estimate of drug-likeness (QED) is 0.268. The molecule has 1 unspecified atom stereocenters. The summed E-state index contributed by atoms with van der Waals surface area (Å²) in [6.07, 6.45) is 12.1. The molecule has 162 valence electrons. The minimum atomic E-state index is 0. The predicted octanol–water partition coefficient (Wildman–Crippen LogP) is 3.56. The second-order valence-corrected chi connectivity index (χ2v) is 10.1. The molecule has 5 rings (SSSR count). The van der Waals surface area contributed by atoms with E-state index in [9.17, 15) is 5.11 Å². The molecule has 1 atom stereocenters. The molecule has 4 bridgehead atoms. The minimum Gasteiger partial charge on any atom is -0.396 e. The summed E-state index contributed by atoms with van der Waals surface area (Å²) >= 11 is 0. The van der Waals surface area contributed by atoms with Crippen LogP contribution >= 0.6 is 24.0 Å². The van der Waals surface area contributed by atoms with E-state index in [1.807, 2.05) is 0 Å². The van der Waals surface area contributed by atoms with E-state index in [4.69, 9.17) is 9.73 Å². The number of aliphatic hydroxyl groups excluding tert-OH is 1. The predicted molar refractivity (Wildman–Crippen MR) is 124 cm³/mol. The van der Waals surface area contributed by atoms with Crippen LogP contribution < -0.4 is 10.6 Å². The van der Waals surface area contributed by atoms with Gasteiger partial charge in [0.05, 0.1) is 13.2 Å². The van der Waals surface area contributed by atoms with Gasteiger partial charge in [0.1, 0.15) is 0 Å². The van der Waals surface area contributed by atoms with Gasteiger partial charge in [-0.3, -0.25) is 4.99 Å². The summed E-state index contributed by atoms with van der Waals surface area (Å²) in [4.78, 5) is 4.87. The number of aliphatic hydroxyl groups is 1. The molecule has 0 spiro atoms. The minimum absolute atomic E-state index is 0. The molecule has 5 aliphatic rings. The van der Waals surface area contributed by atoms with Crippen molar-refractivity contribution >= 4 is 29.9 Å². The highest BCUT2D eigenvalue weighted by molar-refractivity contribution is 14.0. The zero-order valence-electron chi connectivity index (χ0n) is 17.5. The molecular formula is C22H40IN3O2. The van der Waals surface area contributed by atoms with E-state index in [2.05, 4.69) is 17.6 Å². The van der Waals surface area contributed by atoms with Gasteiger partial charge >= 0.3 is 0 Å². The topological polar surface area (TPSA) is 65.9 Å². The Balaban J connectivity index is 0.00000225. The zero-order valence-corrected chi connectivity index (χ0v) is 19.9. The molecule has 1 heterocycles. The standard InChI is InChI=1S/C22H39N3O2.HI/c1-2-23-20(25-15-21(4-7-26)5-8-27-16-21)24-6-3-22-12-17-9-18(13-22)11-19(10-17)14-22;/h17-19,26H,2-16H2,1H3,(H2,23,24,25);1H. The van der Waals surface area contributed by atoms with E-state index in [1.165, 1.54) is 44.9 Å². The lowest BCUT2D eigenvalue weighted by atomic mass is 9.49. The largest absolute Gasteiger partial charge is 0.396 e. The van der Waals surface area contributed by atoms with Crippen LogP contribution in [-0.4, -0.2) is 50.5 Å². The molecule has 4 saturated carbocycles. The summed E-state index contributed by atoms with van der Waals surface area (Å²) in [6, 6.07) is 0. The number of hydrogen-bond acceptors (Lipinski definition) is 3. The van der Waals surface area contributed by atoms with Gasteiger partial charge in [-0.2, -0.15) is 0 Å². The van der Waals surface area contributed by atoms with Gasteiger partial charge in [-0.25, -0.2) is 0 Å². The van der Waals surface area contributed by atoms with Gasteiger partial charge in [-0.05, 0) is 87.9 Å². The molecule has 0 aromatic carbocycles. The van der Waals surface area contributed by atoms with Gasteiger partial charge in [0, 0.05) is 31.7 Å². The van der Waals surface area contributed by atoms with Crippen molar-refractivity contribution in [3.05, 3.63) is 0 Å². The molecule has 6 heteroatoms. The molecule has 0 radical (unpaired) electrons. The molecule has 4 aliphatic carbocycles. The molecule has 5 fully saturated rings. The van der Waals surface area contributed by atoms with Crippen LogP contribution in [0.1, 0.15) is 64.7 Å². The van der Waals surface area contributed by atoms with Crippen molar-refractivity contribution in [2.75, 3.05) is 39.5 Å². The maximum absolute atomic E-state index is 9.42. The first-order valence-corrected chi connectivity index (χ1v) is 11.4. The summed E-state index contributed by atoms with van der Waals surface area (Å²) < 4.78 is 5.60. The highest BCUT2D eigenvalue weighted by Crippen LogP contribution is 2.61. The third kappa shape index (κ3) is 5.15. The molecule has 0 aromatic rings. The first kappa shape index (κ1) is 22.6. The number of ether oxygens (including phenoxy) is 1. The fourth-order valence-corrected chi connectivity index (χ4v) is 6.92. The first-order valence-electron chi connectivity index (χ1n) is 11.4. The van der Waals surface area contributed by atoms with Crippen LogP contribution in [0.15, 0.2) is 4.99 Å². The number of nitrogens with zero attached hydrogens (tertiary/aromatic N) is 1. The van der Waals surface area contributed by atoms with Crippen LogP contribution in [0.4, 0.5) is 0 Å². The summed E-state index contributed by atoms with van der Waals surface area (Å²) in [5, 5.41) is 16.4. The molecular weight excluding hydrogens is 465 g/mol. The van der Waals surface area contributed by atoms with Crippen molar-refractivity contribution in [2.45, 2.75) is 64.7 Å². The van der Waals surface area contributed by atoms with E-state index in [1.54, 1.807) is 0 Å². The molecule has 5 nitrogen and oxygen atoms in total. The number of rotatable bonds is 8. The average molecular weight is 505 g/mol. The smallest absolute Gasteiger partial charge is 0.191 e. The van der Waals surface area contributed by atoms with Crippen molar-refractivity contribution in [2.24, 2.45) is 33.6 Å². The molecule has 1 aliphatic heterocycles. The maximum Gasteiger partial charge on any atom is 0.191 e. The Morgan fingerprint density at radius 3 is 2.29 bits per heavy atom. The Bertz CT molecular complexity index is 499. The van der Waals surface area contributed by atoms with Gasteiger partial charge in [0.15, 0.2) is 5.96 Å². The fourth-order valence-electron chi connectivity index (χ4n) is 6.92. The van der Waals surface area contributed by atoms with Crippen molar-refractivity contribution in [3.63, 3.8) is 0 Å². The lowest BCUT2D eigenvalue weighted by Gasteiger charge is -2.57. The summed E-state index contributed by atoms with van der Waals surface area (Å²) in [7, 11) is 0. The number of aliphatic imine (C=N–C) groups is 1. The lowest BCUT2D eigenvalue weighted by molar-refractivity contribution is -0.0562. The van der Waals surface area contributed by atoms with Crippen LogP contribution in [0.3, 0.4) is 0 Å². The third-order valence-electron chi connectivity index (χ3n) is 7.86. The van der Waals surface area contributed by atoms with Crippen LogP contribution in [0.5, 0.6) is 0 Å². The SMILES string of the molecule is CCNC(=NCC1(CCO)CCOC1)NCCC12CC3CC(CC(C3)C1)C2.I. The van der Waals surface area contributed by atoms with E-state index in [0.29, 0.717) is 5.41 Å². The summed E-state index contributed by atoms with van der Waals surface area (Å²) in [6.45, 7) is 6.51. The number of nitrogens with one attached hydrogen (secondary N) is 2. The third-order valence-corrected chi connectivity index (χ3v) is 7.86. The van der Waals surface area contributed by atoms with Crippen LogP contribution in [-0.2, 0) is 4.74 Å². The Labute approximate surface area is 187 Å². The normalized spacial score (nSPS) is 39.1. The average Bonchev–Trinajstić information content (AvgIpc) is 3.07. The fraction of sp³-hybridized carbons (Fsp3) is 0.955. The molecule has 28 heavy (non-hydrogen) atoms. The molecule has 0 amide bonds. The zero-order chi connectivity index (χ0) is 18.7. The van der Waals surface area contributed by atoms with Gasteiger partial charge in [-0.15, -0.1) is 24.0 Å². The summed E-state index contributed by atoms with van der Waals surface area (Å²) in [5.41, 5.74) is 0.646. The molecule has 0 aromatic heterocycles. The van der Waals surface area contributed by atoms with Crippen molar-refractivity contribution in [1.29, 1.82) is 0 Å². The highest BCUT2D eigenvalue weighted by Gasteiger charge is 2.50. The van der Waals surface area contributed by atoms with Crippen molar-refractivity contribution in [1.82, 2.24) is 10.6 Å². The second kappa shape index (κ2) is 9.82. The Morgan fingerprint density at radius 2 is 1.75 bits per heavy atom. The Morgan fingerprint density at radius 1 is 1.07 bits per heavy atom. The number of guanidine groups is 1. The van der Waals surface area contributed by atoms with E-state index in [-0.39, 0.29) is 36.0 Å². The molecule has 3 N–H and O–H groups in total. The maximum atomic E-state index is 9.42. The van der Waals surface area contributed by atoms with Gasteiger partial charge in [0.25, 0.3) is 0 Å². The van der Waals surface area contributed by atoms with Crippen molar-refractivity contribution in [3.8, 4) is 0 Å².